The number of thioether (sulfide) groups is 1. The van der Waals surface area contributed by atoms with Crippen LogP contribution >= 0.6 is 34.9 Å². The molecule has 0 spiro atoms. The monoisotopic (exact) mass is 326 g/mol. The minimum Gasteiger partial charge on any atom is -0.353 e. The van der Waals surface area contributed by atoms with E-state index in [2.05, 4.69) is 35.3 Å². The van der Waals surface area contributed by atoms with Crippen molar-refractivity contribution in [3.05, 3.63) is 23.8 Å². The van der Waals surface area contributed by atoms with E-state index in [9.17, 15) is 0 Å². The van der Waals surface area contributed by atoms with Crippen LogP contribution in [0, 0.1) is 0 Å². The number of anilines is 1. The third kappa shape index (κ3) is 3.66. The summed E-state index contributed by atoms with van der Waals surface area (Å²) >= 11 is 5.06. The molecule has 1 aromatic heterocycles. The summed E-state index contributed by atoms with van der Waals surface area (Å²) in [5.74, 6) is 1.05. The Morgan fingerprint density at radius 2 is 2.00 bits per heavy atom. The lowest BCUT2D eigenvalue weighted by Crippen LogP contribution is -2.07. The molecule has 2 aromatic rings. The third-order valence-corrected chi connectivity index (χ3v) is 5.80. The molecule has 1 heterocycles. The quantitative estimate of drug-likeness (QED) is 0.822. The minimum atomic E-state index is 0.546. The number of rotatable bonds is 6. The maximum Gasteiger partial charge on any atom is 0.208 e. The Labute approximate surface area is 132 Å². The van der Waals surface area contributed by atoms with E-state index >= 15 is 0 Å². The van der Waals surface area contributed by atoms with E-state index in [1.54, 1.807) is 23.1 Å². The molecule has 108 valence electrons. The first-order chi connectivity index (χ1) is 9.65. The van der Waals surface area contributed by atoms with Crippen molar-refractivity contribution in [1.29, 1.82) is 0 Å². The largest absolute Gasteiger partial charge is 0.353 e. The minimum absolute atomic E-state index is 0.546. The molecule has 0 aliphatic rings. The van der Waals surface area contributed by atoms with Gasteiger partial charge in [-0.25, -0.2) is 0 Å². The van der Waals surface area contributed by atoms with Gasteiger partial charge in [-0.1, -0.05) is 36.1 Å². The number of hydrogen-bond donors (Lipinski definition) is 1. The highest BCUT2D eigenvalue weighted by atomic mass is 32.2. The van der Waals surface area contributed by atoms with Gasteiger partial charge in [0.15, 0.2) is 4.34 Å². The summed E-state index contributed by atoms with van der Waals surface area (Å²) in [5, 5.41) is 9.31. The first-order valence-electron chi connectivity index (χ1n) is 6.29. The molecule has 20 heavy (non-hydrogen) atoms. The van der Waals surface area contributed by atoms with Gasteiger partial charge in [0.1, 0.15) is 0 Å². The van der Waals surface area contributed by atoms with E-state index in [0.29, 0.717) is 6.54 Å². The lowest BCUT2D eigenvalue weighted by atomic mass is 10.2. The molecule has 0 amide bonds. The van der Waals surface area contributed by atoms with Gasteiger partial charge in [-0.15, -0.1) is 22.0 Å². The van der Waals surface area contributed by atoms with Crippen molar-refractivity contribution in [3.63, 3.8) is 0 Å². The van der Waals surface area contributed by atoms with Crippen molar-refractivity contribution in [2.24, 2.45) is 5.73 Å². The summed E-state index contributed by atoms with van der Waals surface area (Å²) in [7, 11) is 3.94. The fraction of sp³-hybridized carbons (Fsp3) is 0.385. The molecule has 0 radical (unpaired) electrons. The summed E-state index contributed by atoms with van der Waals surface area (Å²) in [6, 6.07) is 6.31. The molecule has 4 nitrogen and oxygen atoms in total. The maximum absolute atomic E-state index is 5.92. The van der Waals surface area contributed by atoms with E-state index in [1.807, 2.05) is 30.8 Å². The Morgan fingerprint density at radius 3 is 2.60 bits per heavy atom. The average Bonchev–Trinajstić information content (AvgIpc) is 2.88. The fourth-order valence-electron chi connectivity index (χ4n) is 1.65. The van der Waals surface area contributed by atoms with Gasteiger partial charge in [0, 0.05) is 30.4 Å². The molecule has 0 saturated carbocycles. The number of aromatic nitrogens is 2. The smallest absolute Gasteiger partial charge is 0.208 e. The fourth-order valence-corrected chi connectivity index (χ4v) is 4.46. The number of nitrogens with two attached hydrogens (primary N) is 1. The van der Waals surface area contributed by atoms with Crippen LogP contribution in [0.25, 0.3) is 0 Å². The predicted molar refractivity (Wildman–Crippen MR) is 89.1 cm³/mol. The van der Waals surface area contributed by atoms with Crippen molar-refractivity contribution in [2.75, 3.05) is 24.7 Å². The first-order valence-corrected chi connectivity index (χ1v) is 8.91. The van der Waals surface area contributed by atoms with Crippen LogP contribution in [0.5, 0.6) is 0 Å². The molecule has 1 aromatic carbocycles. The van der Waals surface area contributed by atoms with Crippen molar-refractivity contribution in [2.45, 2.75) is 27.6 Å². The van der Waals surface area contributed by atoms with Crippen LogP contribution in [0.1, 0.15) is 12.5 Å². The zero-order chi connectivity index (χ0) is 14.5. The van der Waals surface area contributed by atoms with Crippen LogP contribution in [-0.4, -0.2) is 30.0 Å². The lowest BCUT2D eigenvalue weighted by molar-refractivity contribution is 0.962. The highest BCUT2D eigenvalue weighted by Gasteiger charge is 2.12. The Kier molecular flexibility index (Phi) is 5.71. The second kappa shape index (κ2) is 7.31. The summed E-state index contributed by atoms with van der Waals surface area (Å²) in [6.45, 7) is 2.70. The molecular formula is C13H18N4S3. The first kappa shape index (κ1) is 15.6. The summed E-state index contributed by atoms with van der Waals surface area (Å²) in [6.07, 6.45) is 0. The molecule has 2 rings (SSSR count). The molecule has 0 bridgehead atoms. The Morgan fingerprint density at radius 1 is 1.25 bits per heavy atom. The van der Waals surface area contributed by atoms with Crippen molar-refractivity contribution >= 4 is 40.0 Å². The van der Waals surface area contributed by atoms with E-state index in [1.165, 1.54) is 15.4 Å². The topological polar surface area (TPSA) is 55.0 Å². The standard InChI is InChI=1S/C13H18N4S3/c1-4-18-10-6-5-7-11(9(10)8-14)19-13-16-15-12(20-13)17(2)3/h5-7H,4,8,14H2,1-3H3. The Balaban J connectivity index is 2.25. The predicted octanol–water partition coefficient (Wildman–Crippen LogP) is 3.33. The van der Waals surface area contributed by atoms with Crippen LogP contribution in [0.2, 0.25) is 0 Å². The van der Waals surface area contributed by atoms with Gasteiger partial charge >= 0.3 is 0 Å². The molecule has 0 aliphatic heterocycles. The molecule has 0 saturated heterocycles. The van der Waals surface area contributed by atoms with Crippen LogP contribution in [-0.2, 0) is 6.54 Å². The van der Waals surface area contributed by atoms with Gasteiger partial charge in [0.25, 0.3) is 0 Å². The summed E-state index contributed by atoms with van der Waals surface area (Å²) in [5.41, 5.74) is 7.12. The van der Waals surface area contributed by atoms with Gasteiger partial charge in [-0.05, 0) is 23.4 Å². The van der Waals surface area contributed by atoms with Crippen molar-refractivity contribution in [1.82, 2.24) is 10.2 Å². The van der Waals surface area contributed by atoms with E-state index in [4.69, 9.17) is 5.73 Å². The van der Waals surface area contributed by atoms with Crippen LogP contribution < -0.4 is 10.6 Å². The zero-order valence-corrected chi connectivity index (χ0v) is 14.2. The number of benzene rings is 1. The van der Waals surface area contributed by atoms with Crippen LogP contribution in [0.4, 0.5) is 5.13 Å². The number of hydrogen-bond acceptors (Lipinski definition) is 7. The van der Waals surface area contributed by atoms with E-state index in [-0.39, 0.29) is 0 Å². The van der Waals surface area contributed by atoms with E-state index in [0.717, 1.165) is 15.2 Å². The molecular weight excluding hydrogens is 308 g/mol. The molecule has 2 N–H and O–H groups in total. The van der Waals surface area contributed by atoms with Gasteiger partial charge in [-0.2, -0.15) is 0 Å². The summed E-state index contributed by atoms with van der Waals surface area (Å²) in [4.78, 5) is 4.40. The highest BCUT2D eigenvalue weighted by Crippen LogP contribution is 2.37. The van der Waals surface area contributed by atoms with Crippen LogP contribution in [0.15, 0.2) is 32.3 Å². The van der Waals surface area contributed by atoms with Gasteiger partial charge in [0.05, 0.1) is 0 Å². The van der Waals surface area contributed by atoms with E-state index < -0.39 is 0 Å². The molecule has 0 aliphatic carbocycles. The Hall–Kier alpha value is -0.760. The highest BCUT2D eigenvalue weighted by molar-refractivity contribution is 8.01. The lowest BCUT2D eigenvalue weighted by Gasteiger charge is -2.10. The normalized spacial score (nSPS) is 10.8. The van der Waals surface area contributed by atoms with Gasteiger partial charge in [-0.3, -0.25) is 0 Å². The maximum atomic E-state index is 5.92. The zero-order valence-electron chi connectivity index (χ0n) is 11.8. The molecule has 0 atom stereocenters. The molecule has 0 fully saturated rings. The second-order valence-electron chi connectivity index (χ2n) is 4.22. The number of nitrogens with zero attached hydrogens (tertiary/aromatic N) is 3. The molecule has 0 unspecified atom stereocenters. The van der Waals surface area contributed by atoms with Crippen molar-refractivity contribution in [3.8, 4) is 0 Å². The molecule has 7 heteroatoms. The Bertz CT molecular complexity index is 568. The summed E-state index contributed by atoms with van der Waals surface area (Å²) < 4.78 is 0.946. The SMILES string of the molecule is CCSc1cccc(Sc2nnc(N(C)C)s2)c1CN. The second-order valence-corrected chi connectivity index (χ2v) is 7.77. The third-order valence-electron chi connectivity index (χ3n) is 2.57. The van der Waals surface area contributed by atoms with Gasteiger partial charge < -0.3 is 10.6 Å². The van der Waals surface area contributed by atoms with Gasteiger partial charge in [0.2, 0.25) is 5.13 Å². The van der Waals surface area contributed by atoms with Crippen LogP contribution in [0.3, 0.4) is 0 Å². The van der Waals surface area contributed by atoms with Crippen molar-refractivity contribution < 1.29 is 0 Å². The average molecular weight is 327 g/mol.